The fourth-order valence-corrected chi connectivity index (χ4v) is 3.94. The molecule has 182 valence electrons. The standard InChI is InChI=1S/C25H21F4N3O3/c1-35-23-21(28)19(26)18(20(27)22(23)29)24(33)30-16-9-5-6-10-17(16)31-11-13-32(14-12-31)25(34)15-7-3-2-4-8-15/h2-10H,11-14H2,1H3,(H,30,33). The van der Waals surface area contributed by atoms with Gasteiger partial charge < -0.3 is 19.9 Å². The number of hydrogen-bond acceptors (Lipinski definition) is 4. The van der Waals surface area contributed by atoms with Crippen LogP contribution in [0.5, 0.6) is 5.75 Å². The maximum Gasteiger partial charge on any atom is 0.261 e. The number of piperazine rings is 1. The van der Waals surface area contributed by atoms with Crippen molar-refractivity contribution in [2.75, 3.05) is 43.5 Å². The van der Waals surface area contributed by atoms with Crippen molar-refractivity contribution in [2.45, 2.75) is 0 Å². The van der Waals surface area contributed by atoms with Gasteiger partial charge in [0.25, 0.3) is 11.8 Å². The first kappa shape index (κ1) is 24.1. The van der Waals surface area contributed by atoms with E-state index in [0.717, 1.165) is 7.11 Å². The maximum atomic E-state index is 14.4. The molecule has 0 bridgehead atoms. The number of benzene rings is 3. The van der Waals surface area contributed by atoms with Gasteiger partial charge >= 0.3 is 0 Å². The van der Waals surface area contributed by atoms with Crippen molar-refractivity contribution in [3.63, 3.8) is 0 Å². The molecule has 0 saturated carbocycles. The van der Waals surface area contributed by atoms with Gasteiger partial charge in [-0.3, -0.25) is 9.59 Å². The van der Waals surface area contributed by atoms with Crippen LogP contribution >= 0.6 is 0 Å². The van der Waals surface area contributed by atoms with Crippen LogP contribution in [-0.2, 0) is 0 Å². The molecule has 1 aliphatic heterocycles. The lowest BCUT2D eigenvalue weighted by atomic mass is 10.1. The molecule has 0 atom stereocenters. The van der Waals surface area contributed by atoms with Gasteiger partial charge in [0.05, 0.1) is 18.5 Å². The number of ether oxygens (including phenoxy) is 1. The van der Waals surface area contributed by atoms with E-state index in [-0.39, 0.29) is 11.6 Å². The number of rotatable bonds is 5. The molecule has 0 unspecified atom stereocenters. The highest BCUT2D eigenvalue weighted by atomic mass is 19.2. The largest absolute Gasteiger partial charge is 0.491 e. The number of carbonyl (C=O) groups is 2. The van der Waals surface area contributed by atoms with Crippen molar-refractivity contribution in [1.29, 1.82) is 0 Å². The van der Waals surface area contributed by atoms with E-state index in [1.807, 2.05) is 11.0 Å². The molecule has 1 fully saturated rings. The van der Waals surface area contributed by atoms with Crippen molar-refractivity contribution < 1.29 is 31.9 Å². The predicted octanol–water partition coefficient (Wildman–Crippen LogP) is 4.47. The van der Waals surface area contributed by atoms with Crippen LogP contribution < -0.4 is 15.0 Å². The monoisotopic (exact) mass is 487 g/mol. The minimum atomic E-state index is -1.86. The Morgan fingerprint density at radius 2 is 1.37 bits per heavy atom. The second-order valence-corrected chi connectivity index (χ2v) is 7.78. The van der Waals surface area contributed by atoms with Gasteiger partial charge in [0.1, 0.15) is 5.56 Å². The smallest absolute Gasteiger partial charge is 0.261 e. The van der Waals surface area contributed by atoms with Gasteiger partial charge in [0.15, 0.2) is 17.4 Å². The van der Waals surface area contributed by atoms with Crippen molar-refractivity contribution in [1.82, 2.24) is 4.90 Å². The van der Waals surface area contributed by atoms with Crippen molar-refractivity contribution >= 4 is 23.2 Å². The van der Waals surface area contributed by atoms with Crippen LogP contribution in [-0.4, -0.2) is 50.0 Å². The lowest BCUT2D eigenvalue weighted by molar-refractivity contribution is 0.0746. The number of amides is 2. The van der Waals surface area contributed by atoms with Crippen LogP contribution in [0.25, 0.3) is 0 Å². The van der Waals surface area contributed by atoms with Crippen LogP contribution in [0.2, 0.25) is 0 Å². The van der Waals surface area contributed by atoms with Gasteiger partial charge in [-0.2, -0.15) is 8.78 Å². The Morgan fingerprint density at radius 1 is 0.800 bits per heavy atom. The van der Waals surface area contributed by atoms with Crippen LogP contribution in [0.4, 0.5) is 28.9 Å². The van der Waals surface area contributed by atoms with Gasteiger partial charge in [-0.15, -0.1) is 0 Å². The third-order valence-electron chi connectivity index (χ3n) is 5.73. The van der Waals surface area contributed by atoms with E-state index in [1.165, 1.54) is 6.07 Å². The molecule has 1 saturated heterocycles. The highest BCUT2D eigenvalue weighted by Gasteiger charge is 2.31. The highest BCUT2D eigenvalue weighted by Crippen LogP contribution is 2.32. The van der Waals surface area contributed by atoms with Gasteiger partial charge in [0.2, 0.25) is 11.6 Å². The summed E-state index contributed by atoms with van der Waals surface area (Å²) in [7, 11) is 0.851. The second-order valence-electron chi connectivity index (χ2n) is 7.78. The number of carbonyl (C=O) groups excluding carboxylic acids is 2. The normalized spacial score (nSPS) is 13.5. The number of anilines is 2. The summed E-state index contributed by atoms with van der Waals surface area (Å²) in [5, 5.41) is 2.34. The maximum absolute atomic E-state index is 14.4. The van der Waals surface area contributed by atoms with Crippen molar-refractivity contribution in [2.24, 2.45) is 0 Å². The van der Waals surface area contributed by atoms with Gasteiger partial charge in [-0.05, 0) is 24.3 Å². The van der Waals surface area contributed by atoms with E-state index >= 15 is 0 Å². The first-order valence-electron chi connectivity index (χ1n) is 10.7. The van der Waals surface area contributed by atoms with Crippen molar-refractivity contribution in [3.05, 3.63) is 89.0 Å². The second kappa shape index (κ2) is 10.0. The van der Waals surface area contributed by atoms with E-state index in [0.29, 0.717) is 37.4 Å². The Morgan fingerprint density at radius 3 is 1.97 bits per heavy atom. The lowest BCUT2D eigenvalue weighted by Gasteiger charge is -2.37. The van der Waals surface area contributed by atoms with Gasteiger partial charge in [-0.25, -0.2) is 8.78 Å². The van der Waals surface area contributed by atoms with Crippen molar-refractivity contribution in [3.8, 4) is 5.75 Å². The molecule has 0 radical (unpaired) electrons. The molecule has 3 aromatic rings. The number of hydrogen-bond donors (Lipinski definition) is 1. The highest BCUT2D eigenvalue weighted by molar-refractivity contribution is 6.06. The molecule has 35 heavy (non-hydrogen) atoms. The number of nitrogens with one attached hydrogen (secondary N) is 1. The fourth-order valence-electron chi connectivity index (χ4n) is 3.94. The van der Waals surface area contributed by atoms with E-state index in [4.69, 9.17) is 0 Å². The summed E-state index contributed by atoms with van der Waals surface area (Å²) in [5.74, 6) is -10.0. The van der Waals surface area contributed by atoms with Crippen LogP contribution in [0.15, 0.2) is 54.6 Å². The summed E-state index contributed by atoms with van der Waals surface area (Å²) in [6, 6.07) is 15.4. The number of methoxy groups -OCH3 is 1. The average molecular weight is 487 g/mol. The summed E-state index contributed by atoms with van der Waals surface area (Å²) in [5.41, 5.74) is -0.0933. The third-order valence-corrected chi connectivity index (χ3v) is 5.73. The van der Waals surface area contributed by atoms with E-state index < -0.39 is 40.5 Å². The molecule has 2 amide bonds. The Kier molecular flexibility index (Phi) is 6.90. The number of halogens is 4. The summed E-state index contributed by atoms with van der Waals surface area (Å²) in [4.78, 5) is 28.9. The molecule has 0 spiro atoms. The molecule has 1 aliphatic rings. The quantitative estimate of drug-likeness (QED) is 0.426. The van der Waals surface area contributed by atoms with Crippen LogP contribution in [0.1, 0.15) is 20.7 Å². The first-order valence-corrected chi connectivity index (χ1v) is 10.7. The van der Waals surface area contributed by atoms with E-state index in [9.17, 15) is 27.2 Å². The van der Waals surface area contributed by atoms with Gasteiger partial charge in [0, 0.05) is 31.7 Å². The minimum Gasteiger partial charge on any atom is -0.491 e. The zero-order chi connectivity index (χ0) is 25.1. The SMILES string of the molecule is COc1c(F)c(F)c(C(=O)Nc2ccccc2N2CCN(C(=O)c3ccccc3)CC2)c(F)c1F. The zero-order valence-electron chi connectivity index (χ0n) is 18.7. The summed E-state index contributed by atoms with van der Waals surface area (Å²) < 4.78 is 61.3. The number of para-hydroxylation sites is 2. The van der Waals surface area contributed by atoms with Crippen LogP contribution in [0, 0.1) is 23.3 Å². The Bertz CT molecular complexity index is 1230. The summed E-state index contributed by atoms with van der Waals surface area (Å²) >= 11 is 0. The Balaban J connectivity index is 1.52. The fraction of sp³-hybridized carbons (Fsp3) is 0.200. The minimum absolute atomic E-state index is 0.0960. The molecule has 1 heterocycles. The Labute approximate surface area is 198 Å². The third kappa shape index (κ3) is 4.64. The first-order chi connectivity index (χ1) is 16.8. The summed E-state index contributed by atoms with van der Waals surface area (Å²) in [6.07, 6.45) is 0. The van der Waals surface area contributed by atoms with E-state index in [1.54, 1.807) is 47.4 Å². The van der Waals surface area contributed by atoms with Crippen LogP contribution in [0.3, 0.4) is 0 Å². The summed E-state index contributed by atoms with van der Waals surface area (Å²) in [6.45, 7) is 1.68. The zero-order valence-corrected chi connectivity index (χ0v) is 18.7. The molecular weight excluding hydrogens is 466 g/mol. The molecule has 1 N–H and O–H groups in total. The lowest BCUT2D eigenvalue weighted by Crippen LogP contribution is -2.49. The molecular formula is C25H21F4N3O3. The molecule has 3 aromatic carbocycles. The molecule has 6 nitrogen and oxygen atoms in total. The van der Waals surface area contributed by atoms with Gasteiger partial charge in [-0.1, -0.05) is 30.3 Å². The van der Waals surface area contributed by atoms with E-state index in [2.05, 4.69) is 10.1 Å². The molecule has 0 aliphatic carbocycles. The topological polar surface area (TPSA) is 61.9 Å². The average Bonchev–Trinajstić information content (AvgIpc) is 2.88. The molecule has 4 rings (SSSR count). The number of nitrogens with zero attached hydrogens (tertiary/aromatic N) is 2. The molecule has 0 aromatic heterocycles. The molecule has 10 heteroatoms. The Hall–Kier alpha value is -4.08. The predicted molar refractivity (Wildman–Crippen MR) is 122 cm³/mol.